The summed E-state index contributed by atoms with van der Waals surface area (Å²) in [6.07, 6.45) is -1.19. The molecule has 1 aromatic rings. The molecule has 0 aliphatic heterocycles. The van der Waals surface area contributed by atoms with Gasteiger partial charge in [0, 0.05) is 5.56 Å². The van der Waals surface area contributed by atoms with E-state index in [1.54, 1.807) is 26.0 Å². The van der Waals surface area contributed by atoms with Crippen molar-refractivity contribution in [1.82, 2.24) is 0 Å². The predicted molar refractivity (Wildman–Crippen MR) is 64.2 cm³/mol. The van der Waals surface area contributed by atoms with Crippen LogP contribution in [0.5, 0.6) is 5.75 Å². The number of aliphatic carboxylic acids is 1. The van der Waals surface area contributed by atoms with Gasteiger partial charge in [-0.15, -0.1) is 0 Å². The molecule has 0 aliphatic rings. The fourth-order valence-electron chi connectivity index (χ4n) is 1.55. The van der Waals surface area contributed by atoms with E-state index in [1.165, 1.54) is 0 Å². The minimum absolute atomic E-state index is 0.378. The molecule has 0 saturated carbocycles. The first-order chi connectivity index (χ1) is 7.95. The van der Waals surface area contributed by atoms with E-state index in [9.17, 15) is 9.90 Å². The van der Waals surface area contributed by atoms with Gasteiger partial charge in [0.25, 0.3) is 0 Å². The minimum Gasteiger partial charge on any atom is -0.479 e. The van der Waals surface area contributed by atoms with Crippen LogP contribution in [0.4, 0.5) is 0 Å². The third-order valence-electron chi connectivity index (χ3n) is 2.53. The van der Waals surface area contributed by atoms with Gasteiger partial charge in [-0.1, -0.05) is 19.1 Å². The number of hydrogen-bond acceptors (Lipinski definition) is 3. The van der Waals surface area contributed by atoms with Crippen molar-refractivity contribution in [3.8, 4) is 5.75 Å². The molecule has 0 radical (unpaired) electrons. The van der Waals surface area contributed by atoms with Crippen LogP contribution >= 0.6 is 0 Å². The molecule has 0 spiro atoms. The average molecular weight is 238 g/mol. The monoisotopic (exact) mass is 238 g/mol. The summed E-state index contributed by atoms with van der Waals surface area (Å²) in [5, 5.41) is 18.5. The summed E-state index contributed by atoms with van der Waals surface area (Å²) in [5.41, 5.74) is 1.57. The molecule has 4 heteroatoms. The maximum Gasteiger partial charge on any atom is 0.344 e. The highest BCUT2D eigenvalue weighted by Crippen LogP contribution is 2.27. The molecule has 2 atom stereocenters. The van der Waals surface area contributed by atoms with E-state index in [0.717, 1.165) is 5.56 Å². The number of aryl methyl sites for hydroxylation is 1. The SMILES string of the molecule is CCC(Oc1cc(C)ccc1[C@@H](C)O)C(=O)O. The van der Waals surface area contributed by atoms with Gasteiger partial charge in [-0.25, -0.2) is 4.79 Å². The van der Waals surface area contributed by atoms with Crippen molar-refractivity contribution in [2.75, 3.05) is 0 Å². The van der Waals surface area contributed by atoms with Crippen LogP contribution in [0.2, 0.25) is 0 Å². The van der Waals surface area contributed by atoms with Crippen LogP contribution < -0.4 is 4.74 Å². The van der Waals surface area contributed by atoms with E-state index in [1.807, 2.05) is 13.0 Å². The molecule has 17 heavy (non-hydrogen) atoms. The Morgan fingerprint density at radius 1 is 1.47 bits per heavy atom. The zero-order chi connectivity index (χ0) is 13.0. The lowest BCUT2D eigenvalue weighted by Crippen LogP contribution is -2.26. The third-order valence-corrected chi connectivity index (χ3v) is 2.53. The van der Waals surface area contributed by atoms with Crippen molar-refractivity contribution in [3.63, 3.8) is 0 Å². The van der Waals surface area contributed by atoms with Gasteiger partial charge in [0.05, 0.1) is 6.10 Å². The Balaban J connectivity index is 3.02. The molecule has 0 bridgehead atoms. The van der Waals surface area contributed by atoms with Gasteiger partial charge in [-0.2, -0.15) is 0 Å². The molecule has 0 aliphatic carbocycles. The van der Waals surface area contributed by atoms with E-state index < -0.39 is 18.2 Å². The molecule has 0 saturated heterocycles. The molecule has 0 heterocycles. The number of benzene rings is 1. The Bertz CT molecular complexity index is 398. The molecule has 1 rings (SSSR count). The highest BCUT2D eigenvalue weighted by Gasteiger charge is 2.19. The predicted octanol–water partition coefficient (Wildman–Crippen LogP) is 2.29. The lowest BCUT2D eigenvalue weighted by atomic mass is 10.1. The molecule has 0 amide bonds. The Labute approximate surface area is 101 Å². The number of hydrogen-bond donors (Lipinski definition) is 2. The van der Waals surface area contributed by atoms with Gasteiger partial charge in [-0.3, -0.25) is 0 Å². The number of carbonyl (C=O) groups is 1. The third kappa shape index (κ3) is 3.46. The zero-order valence-electron chi connectivity index (χ0n) is 10.3. The molecule has 2 N–H and O–H groups in total. The molecule has 94 valence electrons. The van der Waals surface area contributed by atoms with Gasteiger partial charge in [0.1, 0.15) is 5.75 Å². The number of ether oxygens (including phenoxy) is 1. The summed E-state index contributed by atoms with van der Waals surface area (Å²) in [4.78, 5) is 10.9. The smallest absolute Gasteiger partial charge is 0.344 e. The first kappa shape index (κ1) is 13.5. The summed E-state index contributed by atoms with van der Waals surface area (Å²) in [5.74, 6) is -0.556. The normalized spacial score (nSPS) is 14.1. The molecule has 4 nitrogen and oxygen atoms in total. The van der Waals surface area contributed by atoms with Gasteiger partial charge in [0.2, 0.25) is 0 Å². The Hall–Kier alpha value is -1.55. The largest absolute Gasteiger partial charge is 0.479 e. The van der Waals surface area contributed by atoms with E-state index in [0.29, 0.717) is 17.7 Å². The average Bonchev–Trinajstić information content (AvgIpc) is 2.25. The fourth-order valence-corrected chi connectivity index (χ4v) is 1.55. The molecule has 1 unspecified atom stereocenters. The van der Waals surface area contributed by atoms with Crippen LogP contribution in [0.25, 0.3) is 0 Å². The molecule has 1 aromatic carbocycles. The summed E-state index contributed by atoms with van der Waals surface area (Å²) < 4.78 is 5.44. The van der Waals surface area contributed by atoms with Gasteiger partial charge in [0.15, 0.2) is 6.10 Å². The number of aliphatic hydroxyl groups is 1. The fraction of sp³-hybridized carbons (Fsp3) is 0.462. The highest BCUT2D eigenvalue weighted by atomic mass is 16.5. The highest BCUT2D eigenvalue weighted by molar-refractivity contribution is 5.72. The van der Waals surface area contributed by atoms with E-state index in [4.69, 9.17) is 9.84 Å². The van der Waals surface area contributed by atoms with Crippen LogP contribution in [0, 0.1) is 6.92 Å². The van der Waals surface area contributed by atoms with Crippen LogP contribution in [0.15, 0.2) is 18.2 Å². The van der Waals surface area contributed by atoms with Gasteiger partial charge < -0.3 is 14.9 Å². The van der Waals surface area contributed by atoms with Crippen LogP contribution in [-0.2, 0) is 4.79 Å². The second kappa shape index (κ2) is 5.68. The van der Waals surface area contributed by atoms with Crippen molar-refractivity contribution in [3.05, 3.63) is 29.3 Å². The second-order valence-electron chi connectivity index (χ2n) is 4.07. The molecule has 0 fully saturated rings. The minimum atomic E-state index is -0.995. The van der Waals surface area contributed by atoms with Gasteiger partial charge in [-0.05, 0) is 31.9 Å². The Morgan fingerprint density at radius 3 is 2.59 bits per heavy atom. The summed E-state index contributed by atoms with van der Waals surface area (Å²) >= 11 is 0. The topological polar surface area (TPSA) is 66.8 Å². The summed E-state index contributed by atoms with van der Waals surface area (Å²) in [6, 6.07) is 5.36. The second-order valence-corrected chi connectivity index (χ2v) is 4.07. The van der Waals surface area contributed by atoms with Crippen molar-refractivity contribution in [2.45, 2.75) is 39.4 Å². The first-order valence-corrected chi connectivity index (χ1v) is 5.63. The van der Waals surface area contributed by atoms with E-state index in [2.05, 4.69) is 0 Å². The van der Waals surface area contributed by atoms with Crippen LogP contribution in [0.3, 0.4) is 0 Å². The summed E-state index contributed by atoms with van der Waals surface area (Å²) in [7, 11) is 0. The van der Waals surface area contributed by atoms with Crippen molar-refractivity contribution in [2.24, 2.45) is 0 Å². The van der Waals surface area contributed by atoms with Crippen molar-refractivity contribution in [1.29, 1.82) is 0 Å². The Morgan fingerprint density at radius 2 is 2.12 bits per heavy atom. The number of carboxylic acids is 1. The lowest BCUT2D eigenvalue weighted by Gasteiger charge is -2.18. The van der Waals surface area contributed by atoms with Crippen molar-refractivity contribution < 1.29 is 19.7 Å². The number of rotatable bonds is 5. The standard InChI is InChI=1S/C13H18O4/c1-4-11(13(15)16)17-12-7-8(2)5-6-10(12)9(3)14/h5-7,9,11,14H,4H2,1-3H3,(H,15,16)/t9-,11?/m1/s1. The molecular formula is C13H18O4. The Kier molecular flexibility index (Phi) is 4.52. The van der Waals surface area contributed by atoms with E-state index in [-0.39, 0.29) is 0 Å². The molecule has 0 aromatic heterocycles. The molecular weight excluding hydrogens is 220 g/mol. The number of carboxylic acid groups (broad SMARTS) is 1. The zero-order valence-corrected chi connectivity index (χ0v) is 10.3. The van der Waals surface area contributed by atoms with E-state index >= 15 is 0 Å². The quantitative estimate of drug-likeness (QED) is 0.826. The maximum atomic E-state index is 10.9. The summed E-state index contributed by atoms with van der Waals surface area (Å²) in [6.45, 7) is 5.26. The van der Waals surface area contributed by atoms with Gasteiger partial charge >= 0.3 is 5.97 Å². The van der Waals surface area contributed by atoms with Crippen molar-refractivity contribution >= 4 is 5.97 Å². The number of aliphatic hydroxyl groups excluding tert-OH is 1. The first-order valence-electron chi connectivity index (χ1n) is 5.63. The lowest BCUT2D eigenvalue weighted by molar-refractivity contribution is -0.145. The van der Waals surface area contributed by atoms with Crippen LogP contribution in [0.1, 0.15) is 37.5 Å². The maximum absolute atomic E-state index is 10.9. The van der Waals surface area contributed by atoms with Crippen LogP contribution in [-0.4, -0.2) is 22.3 Å².